The van der Waals surface area contributed by atoms with Crippen LogP contribution in [-0.2, 0) is 4.74 Å². The molecule has 0 bridgehead atoms. The Balaban J connectivity index is 2.64. The molecule has 3 nitrogen and oxygen atoms in total. The number of halogens is 2. The average Bonchev–Trinajstić information content (AvgIpc) is 2.29. The van der Waals surface area contributed by atoms with Crippen molar-refractivity contribution >= 4 is 23.2 Å². The zero-order valence-electron chi connectivity index (χ0n) is 10.0. The summed E-state index contributed by atoms with van der Waals surface area (Å²) in [6.45, 7) is 1.39. The second-order valence-corrected chi connectivity index (χ2v) is 4.51. The van der Waals surface area contributed by atoms with Crippen molar-refractivity contribution in [3.63, 3.8) is 0 Å². The number of methoxy groups -OCH3 is 1. The van der Waals surface area contributed by atoms with Gasteiger partial charge in [-0.3, -0.25) is 0 Å². The Bertz CT molecular complexity index is 347. The van der Waals surface area contributed by atoms with Crippen LogP contribution in [0.1, 0.15) is 6.42 Å². The van der Waals surface area contributed by atoms with Crippen LogP contribution in [0.5, 0.6) is 5.75 Å². The Hall–Kier alpha value is -0.480. The summed E-state index contributed by atoms with van der Waals surface area (Å²) in [5.41, 5.74) is 0. The Morgan fingerprint density at radius 3 is 2.71 bits per heavy atom. The van der Waals surface area contributed by atoms with Gasteiger partial charge in [0.1, 0.15) is 11.9 Å². The van der Waals surface area contributed by atoms with E-state index in [1.54, 1.807) is 25.3 Å². The lowest BCUT2D eigenvalue weighted by molar-refractivity contribution is 0.0762. The molecule has 5 heteroatoms. The van der Waals surface area contributed by atoms with E-state index in [1.807, 2.05) is 7.05 Å². The summed E-state index contributed by atoms with van der Waals surface area (Å²) >= 11 is 11.9. The summed E-state index contributed by atoms with van der Waals surface area (Å²) in [6, 6.07) is 5.19. The van der Waals surface area contributed by atoms with Crippen LogP contribution < -0.4 is 10.1 Å². The molecule has 1 atom stereocenters. The molecule has 1 N–H and O–H groups in total. The lowest BCUT2D eigenvalue weighted by Gasteiger charge is -2.19. The predicted molar refractivity (Wildman–Crippen MR) is 71.3 cm³/mol. The number of benzene rings is 1. The van der Waals surface area contributed by atoms with Crippen molar-refractivity contribution in [2.45, 2.75) is 12.5 Å². The minimum absolute atomic E-state index is 0.0221. The third kappa shape index (κ3) is 5.13. The number of nitrogens with one attached hydrogen (secondary N) is 1. The summed E-state index contributed by atoms with van der Waals surface area (Å²) in [7, 11) is 3.55. The molecular weight excluding hydrogens is 261 g/mol. The van der Waals surface area contributed by atoms with Gasteiger partial charge in [0.05, 0.1) is 11.6 Å². The van der Waals surface area contributed by atoms with Crippen LogP contribution in [-0.4, -0.2) is 33.4 Å². The van der Waals surface area contributed by atoms with Gasteiger partial charge in [-0.2, -0.15) is 0 Å². The fraction of sp³-hybridized carbons (Fsp3) is 0.500. The molecule has 1 aromatic carbocycles. The molecule has 0 unspecified atom stereocenters. The highest BCUT2D eigenvalue weighted by Crippen LogP contribution is 2.28. The molecule has 96 valence electrons. The number of ether oxygens (including phenoxy) is 2. The van der Waals surface area contributed by atoms with Crippen molar-refractivity contribution in [3.05, 3.63) is 28.2 Å². The van der Waals surface area contributed by atoms with Crippen LogP contribution in [0.2, 0.25) is 10.0 Å². The van der Waals surface area contributed by atoms with Crippen LogP contribution in [0.25, 0.3) is 0 Å². The molecule has 0 fully saturated rings. The highest BCUT2D eigenvalue weighted by Gasteiger charge is 2.12. The van der Waals surface area contributed by atoms with Crippen LogP contribution >= 0.6 is 23.2 Å². The van der Waals surface area contributed by atoms with E-state index in [9.17, 15) is 0 Å². The van der Waals surface area contributed by atoms with Crippen molar-refractivity contribution in [1.82, 2.24) is 5.32 Å². The van der Waals surface area contributed by atoms with E-state index in [2.05, 4.69) is 5.32 Å². The first-order valence-corrected chi connectivity index (χ1v) is 6.18. The highest BCUT2D eigenvalue weighted by molar-refractivity contribution is 6.35. The molecule has 0 amide bonds. The van der Waals surface area contributed by atoms with E-state index < -0.39 is 0 Å². The molecule has 0 aliphatic carbocycles. The van der Waals surface area contributed by atoms with E-state index in [0.717, 1.165) is 13.0 Å². The Kier molecular flexibility index (Phi) is 6.66. The molecular formula is C12H17Cl2NO2. The molecule has 0 aromatic heterocycles. The second kappa shape index (κ2) is 7.77. The molecule has 0 radical (unpaired) electrons. The third-order valence-corrected chi connectivity index (χ3v) is 2.79. The van der Waals surface area contributed by atoms with E-state index >= 15 is 0 Å². The first-order chi connectivity index (χ1) is 8.17. The quantitative estimate of drug-likeness (QED) is 0.831. The third-order valence-electron chi connectivity index (χ3n) is 2.26. The van der Waals surface area contributed by atoms with E-state index in [4.69, 9.17) is 32.7 Å². The van der Waals surface area contributed by atoms with Gasteiger partial charge in [0.2, 0.25) is 0 Å². The minimum Gasteiger partial charge on any atom is -0.486 e. The fourth-order valence-electron chi connectivity index (χ4n) is 1.42. The van der Waals surface area contributed by atoms with Crippen molar-refractivity contribution in [2.75, 3.05) is 27.3 Å². The molecule has 0 aliphatic rings. The lowest BCUT2D eigenvalue weighted by atomic mass is 10.2. The first-order valence-electron chi connectivity index (χ1n) is 5.42. The van der Waals surface area contributed by atoms with Crippen molar-refractivity contribution in [1.29, 1.82) is 0 Å². The molecule has 0 heterocycles. The maximum absolute atomic E-state index is 6.04. The normalized spacial score (nSPS) is 12.5. The Morgan fingerprint density at radius 2 is 2.12 bits per heavy atom. The maximum atomic E-state index is 6.04. The summed E-state index contributed by atoms with van der Waals surface area (Å²) in [6.07, 6.45) is 0.828. The van der Waals surface area contributed by atoms with Gasteiger partial charge in [-0.25, -0.2) is 0 Å². The molecule has 0 aliphatic heterocycles. The van der Waals surface area contributed by atoms with E-state index in [1.165, 1.54) is 0 Å². The monoisotopic (exact) mass is 277 g/mol. The predicted octanol–water partition coefficient (Wildman–Crippen LogP) is 3.00. The number of hydrogen-bond donors (Lipinski definition) is 1. The van der Waals surface area contributed by atoms with Crippen molar-refractivity contribution in [2.24, 2.45) is 0 Å². The maximum Gasteiger partial charge on any atom is 0.138 e. The number of rotatable bonds is 7. The molecule has 0 saturated carbocycles. The standard InChI is InChI=1S/C12H17Cl2NO2/c1-15-6-5-10(8-16-2)17-12-4-3-9(13)7-11(12)14/h3-4,7,10,15H,5-6,8H2,1-2H3/t10-/m1/s1. The fourth-order valence-corrected chi connectivity index (χ4v) is 1.87. The molecule has 17 heavy (non-hydrogen) atoms. The topological polar surface area (TPSA) is 30.5 Å². The number of hydrogen-bond acceptors (Lipinski definition) is 3. The minimum atomic E-state index is -0.0221. The van der Waals surface area contributed by atoms with Gasteiger partial charge in [0, 0.05) is 12.1 Å². The van der Waals surface area contributed by atoms with Crippen LogP contribution in [0.15, 0.2) is 18.2 Å². The summed E-state index contributed by atoms with van der Waals surface area (Å²) in [4.78, 5) is 0. The first kappa shape index (κ1) is 14.6. The van der Waals surface area contributed by atoms with Gasteiger partial charge < -0.3 is 14.8 Å². The van der Waals surface area contributed by atoms with Gasteiger partial charge in [0.15, 0.2) is 0 Å². The summed E-state index contributed by atoms with van der Waals surface area (Å²) in [5, 5.41) is 4.19. The van der Waals surface area contributed by atoms with Crippen molar-refractivity contribution in [3.8, 4) is 5.75 Å². The van der Waals surface area contributed by atoms with Gasteiger partial charge in [-0.15, -0.1) is 0 Å². The lowest BCUT2D eigenvalue weighted by Crippen LogP contribution is -2.26. The summed E-state index contributed by atoms with van der Waals surface area (Å²) in [5.74, 6) is 0.634. The van der Waals surface area contributed by atoms with E-state index in [-0.39, 0.29) is 6.10 Å². The van der Waals surface area contributed by atoms with Gasteiger partial charge in [-0.05, 0) is 38.2 Å². The average molecular weight is 278 g/mol. The smallest absolute Gasteiger partial charge is 0.138 e. The molecule has 0 spiro atoms. The largest absolute Gasteiger partial charge is 0.486 e. The van der Waals surface area contributed by atoms with Crippen LogP contribution in [0, 0.1) is 0 Å². The van der Waals surface area contributed by atoms with E-state index in [0.29, 0.717) is 22.4 Å². The molecule has 1 aromatic rings. The Labute approximate surface area is 112 Å². The van der Waals surface area contributed by atoms with Gasteiger partial charge >= 0.3 is 0 Å². The van der Waals surface area contributed by atoms with Crippen molar-refractivity contribution < 1.29 is 9.47 Å². The zero-order valence-corrected chi connectivity index (χ0v) is 11.5. The molecule has 0 saturated heterocycles. The Morgan fingerprint density at radius 1 is 1.35 bits per heavy atom. The molecule has 1 rings (SSSR count). The van der Waals surface area contributed by atoms with Gasteiger partial charge in [-0.1, -0.05) is 23.2 Å². The SMILES string of the molecule is CNCC[C@H](COC)Oc1ccc(Cl)cc1Cl. The zero-order chi connectivity index (χ0) is 12.7. The van der Waals surface area contributed by atoms with Gasteiger partial charge in [0.25, 0.3) is 0 Å². The second-order valence-electron chi connectivity index (χ2n) is 3.66. The highest BCUT2D eigenvalue weighted by atomic mass is 35.5. The summed E-state index contributed by atoms with van der Waals surface area (Å²) < 4.78 is 10.9. The van der Waals surface area contributed by atoms with Crippen LogP contribution in [0.3, 0.4) is 0 Å². The van der Waals surface area contributed by atoms with Crippen LogP contribution in [0.4, 0.5) is 0 Å².